The number of aliphatic hydroxyl groups excluding tert-OH is 2. The Hall–Kier alpha value is -0.610. The zero-order chi connectivity index (χ0) is 29.7. The van der Waals surface area contributed by atoms with Crippen LogP contribution in [0, 0.1) is 11.8 Å². The van der Waals surface area contributed by atoms with Gasteiger partial charge in [0.2, 0.25) is 5.91 Å². The fourth-order valence-electron chi connectivity index (χ4n) is 6.18. The van der Waals surface area contributed by atoms with Crippen molar-refractivity contribution >= 4 is 5.91 Å². The van der Waals surface area contributed by atoms with Gasteiger partial charge in [0.1, 0.15) is 0 Å². The van der Waals surface area contributed by atoms with Gasteiger partial charge in [-0.1, -0.05) is 163 Å². The van der Waals surface area contributed by atoms with E-state index in [-0.39, 0.29) is 19.1 Å². The van der Waals surface area contributed by atoms with Crippen LogP contribution >= 0.6 is 0 Å². The Morgan fingerprint density at radius 3 is 1.50 bits per heavy atom. The number of amides is 1. The summed E-state index contributed by atoms with van der Waals surface area (Å²) in [6, 6.07) is 0. The fourth-order valence-corrected chi connectivity index (χ4v) is 6.18. The molecular weight excluding hydrogens is 494 g/mol. The van der Waals surface area contributed by atoms with Crippen LogP contribution in [-0.2, 0) is 4.79 Å². The molecule has 0 aliphatic heterocycles. The van der Waals surface area contributed by atoms with Gasteiger partial charge in [0.25, 0.3) is 0 Å². The van der Waals surface area contributed by atoms with Crippen LogP contribution in [0.5, 0.6) is 0 Å². The first kappa shape index (κ1) is 39.4. The third kappa shape index (κ3) is 24.0. The van der Waals surface area contributed by atoms with Crippen molar-refractivity contribution in [3.05, 3.63) is 0 Å². The molecule has 2 N–H and O–H groups in total. The first-order valence-corrected chi connectivity index (χ1v) is 18.1. The first-order chi connectivity index (χ1) is 19.5. The van der Waals surface area contributed by atoms with Crippen molar-refractivity contribution in [2.24, 2.45) is 11.8 Å². The van der Waals surface area contributed by atoms with E-state index < -0.39 is 6.10 Å². The van der Waals surface area contributed by atoms with Crippen molar-refractivity contribution in [1.29, 1.82) is 0 Å². The molecule has 0 spiro atoms. The maximum absolute atomic E-state index is 13.3. The van der Waals surface area contributed by atoms with E-state index >= 15 is 0 Å². The van der Waals surface area contributed by atoms with E-state index in [4.69, 9.17) is 0 Å². The van der Waals surface area contributed by atoms with E-state index in [1.54, 1.807) is 0 Å². The molecule has 0 rings (SSSR count). The highest BCUT2D eigenvalue weighted by molar-refractivity contribution is 5.76. The Balaban J connectivity index is 4.31. The lowest BCUT2D eigenvalue weighted by atomic mass is 9.91. The molecule has 40 heavy (non-hydrogen) atoms. The second kappa shape index (κ2) is 29.9. The van der Waals surface area contributed by atoms with Gasteiger partial charge in [-0.15, -0.1) is 0 Å². The van der Waals surface area contributed by atoms with Gasteiger partial charge in [-0.25, -0.2) is 0 Å². The van der Waals surface area contributed by atoms with Gasteiger partial charge in [0, 0.05) is 19.5 Å². The Labute approximate surface area is 251 Å². The Morgan fingerprint density at radius 2 is 1.02 bits per heavy atom. The van der Waals surface area contributed by atoms with E-state index in [0.717, 1.165) is 31.6 Å². The van der Waals surface area contributed by atoms with Crippen molar-refractivity contribution in [2.75, 3.05) is 19.7 Å². The van der Waals surface area contributed by atoms with E-state index in [0.29, 0.717) is 18.9 Å². The third-order valence-corrected chi connectivity index (χ3v) is 8.95. The molecule has 3 unspecified atom stereocenters. The average Bonchev–Trinajstić information content (AvgIpc) is 2.96. The van der Waals surface area contributed by atoms with Crippen LogP contribution in [-0.4, -0.2) is 46.8 Å². The molecule has 0 aromatic heterocycles. The number of hydrogen-bond acceptors (Lipinski definition) is 3. The predicted molar refractivity (Wildman–Crippen MR) is 175 cm³/mol. The van der Waals surface area contributed by atoms with Crippen LogP contribution in [0.2, 0.25) is 0 Å². The molecule has 0 aliphatic carbocycles. The lowest BCUT2D eigenvalue weighted by molar-refractivity contribution is -0.134. The molecule has 0 radical (unpaired) electrons. The number of aliphatic hydroxyl groups is 2. The molecule has 4 nitrogen and oxygen atoms in total. The van der Waals surface area contributed by atoms with E-state index in [1.807, 2.05) is 4.90 Å². The highest BCUT2D eigenvalue weighted by Crippen LogP contribution is 2.23. The SMILES string of the molecule is CCCCCCCCCCCCCCCC(CC)CC(=O)N(CCCC(CCC)CCCCCC)CC(O)CO. The van der Waals surface area contributed by atoms with Crippen molar-refractivity contribution < 1.29 is 15.0 Å². The average molecular weight is 568 g/mol. The maximum atomic E-state index is 13.3. The van der Waals surface area contributed by atoms with Crippen LogP contribution in [0.1, 0.15) is 188 Å². The summed E-state index contributed by atoms with van der Waals surface area (Å²) < 4.78 is 0. The molecular formula is C36H73NO3. The highest BCUT2D eigenvalue weighted by atomic mass is 16.3. The third-order valence-electron chi connectivity index (χ3n) is 8.95. The second-order valence-corrected chi connectivity index (χ2v) is 12.8. The van der Waals surface area contributed by atoms with E-state index in [9.17, 15) is 15.0 Å². The number of hydrogen-bond donors (Lipinski definition) is 2. The topological polar surface area (TPSA) is 60.8 Å². The van der Waals surface area contributed by atoms with Crippen LogP contribution < -0.4 is 0 Å². The van der Waals surface area contributed by atoms with Crippen LogP contribution in [0.3, 0.4) is 0 Å². The quantitative estimate of drug-likeness (QED) is 0.0819. The van der Waals surface area contributed by atoms with Gasteiger partial charge in [-0.05, 0) is 31.1 Å². The molecule has 0 saturated carbocycles. The van der Waals surface area contributed by atoms with Crippen molar-refractivity contribution in [1.82, 2.24) is 4.90 Å². The van der Waals surface area contributed by atoms with Crippen LogP contribution in [0.4, 0.5) is 0 Å². The second-order valence-electron chi connectivity index (χ2n) is 12.8. The summed E-state index contributed by atoms with van der Waals surface area (Å²) in [5.41, 5.74) is 0. The van der Waals surface area contributed by atoms with Gasteiger partial charge in [0.05, 0.1) is 12.7 Å². The Bertz CT molecular complexity index is 526. The summed E-state index contributed by atoms with van der Waals surface area (Å²) in [6.45, 7) is 9.72. The number of nitrogens with zero attached hydrogens (tertiary/aromatic N) is 1. The predicted octanol–water partition coefficient (Wildman–Crippen LogP) is 10.2. The molecule has 4 heteroatoms. The van der Waals surface area contributed by atoms with Gasteiger partial charge in [-0.2, -0.15) is 0 Å². The van der Waals surface area contributed by atoms with Gasteiger partial charge in [-0.3, -0.25) is 4.79 Å². The minimum atomic E-state index is -0.842. The zero-order valence-electron chi connectivity index (χ0n) is 27.8. The molecule has 240 valence electrons. The first-order valence-electron chi connectivity index (χ1n) is 18.1. The molecule has 1 amide bonds. The van der Waals surface area contributed by atoms with E-state index in [1.165, 1.54) is 128 Å². The largest absolute Gasteiger partial charge is 0.394 e. The summed E-state index contributed by atoms with van der Waals surface area (Å²) in [7, 11) is 0. The summed E-state index contributed by atoms with van der Waals surface area (Å²) in [6.07, 6.45) is 30.9. The van der Waals surface area contributed by atoms with Crippen LogP contribution in [0.15, 0.2) is 0 Å². The molecule has 0 fully saturated rings. The number of carbonyl (C=O) groups excluding carboxylic acids is 1. The highest BCUT2D eigenvalue weighted by Gasteiger charge is 2.21. The molecule has 0 aromatic carbocycles. The standard InChI is InChI=1S/C36H73NO3/c1-5-9-11-13-14-15-16-17-18-19-20-21-23-26-33(8-4)30-36(40)37(31-35(39)32-38)29-24-28-34(25-7-3)27-22-12-10-6-2/h33-35,38-39H,5-32H2,1-4H3. The Morgan fingerprint density at radius 1 is 0.575 bits per heavy atom. The van der Waals surface area contributed by atoms with Crippen molar-refractivity contribution in [2.45, 2.75) is 194 Å². The van der Waals surface area contributed by atoms with Gasteiger partial charge >= 0.3 is 0 Å². The van der Waals surface area contributed by atoms with Crippen LogP contribution in [0.25, 0.3) is 0 Å². The molecule has 0 aromatic rings. The van der Waals surface area contributed by atoms with Crippen molar-refractivity contribution in [3.63, 3.8) is 0 Å². The minimum absolute atomic E-state index is 0.170. The molecule has 0 aliphatic rings. The number of carbonyl (C=O) groups is 1. The van der Waals surface area contributed by atoms with Crippen molar-refractivity contribution in [3.8, 4) is 0 Å². The summed E-state index contributed by atoms with van der Waals surface area (Å²) in [4.78, 5) is 15.1. The lowest BCUT2D eigenvalue weighted by Crippen LogP contribution is -2.40. The van der Waals surface area contributed by atoms with Gasteiger partial charge < -0.3 is 15.1 Å². The Kier molecular flexibility index (Phi) is 29.4. The number of unbranched alkanes of at least 4 members (excludes halogenated alkanes) is 15. The molecule has 0 bridgehead atoms. The lowest BCUT2D eigenvalue weighted by Gasteiger charge is -2.27. The minimum Gasteiger partial charge on any atom is -0.394 e. The van der Waals surface area contributed by atoms with Gasteiger partial charge in [0.15, 0.2) is 0 Å². The smallest absolute Gasteiger partial charge is 0.222 e. The number of rotatable bonds is 31. The fraction of sp³-hybridized carbons (Fsp3) is 0.972. The summed E-state index contributed by atoms with van der Waals surface area (Å²) in [5.74, 6) is 1.35. The monoisotopic (exact) mass is 568 g/mol. The molecule has 0 heterocycles. The summed E-state index contributed by atoms with van der Waals surface area (Å²) in [5, 5.41) is 19.5. The van der Waals surface area contributed by atoms with E-state index in [2.05, 4.69) is 27.7 Å². The zero-order valence-corrected chi connectivity index (χ0v) is 27.8. The molecule has 0 saturated heterocycles. The molecule has 3 atom stereocenters. The summed E-state index contributed by atoms with van der Waals surface area (Å²) >= 11 is 0. The maximum Gasteiger partial charge on any atom is 0.222 e. The normalized spacial score (nSPS) is 13.8.